The zero-order valence-corrected chi connectivity index (χ0v) is 10.7. The van der Waals surface area contributed by atoms with Gasteiger partial charge in [-0.15, -0.1) is 0 Å². The van der Waals surface area contributed by atoms with Crippen LogP contribution in [0.1, 0.15) is 16.1 Å². The van der Waals surface area contributed by atoms with Crippen LogP contribution in [0.4, 0.5) is 10.1 Å². The Hall–Kier alpha value is -2.37. The van der Waals surface area contributed by atoms with Crippen LogP contribution in [-0.4, -0.2) is 22.9 Å². The molecule has 0 spiro atoms. The number of nitrogens with zero attached hydrogens (tertiary/aromatic N) is 2. The van der Waals surface area contributed by atoms with Crippen molar-refractivity contribution in [2.75, 3.05) is 12.4 Å². The third-order valence-electron chi connectivity index (χ3n) is 2.77. The molecule has 0 unspecified atom stereocenters. The van der Waals surface area contributed by atoms with Gasteiger partial charge in [0.1, 0.15) is 5.82 Å². The summed E-state index contributed by atoms with van der Waals surface area (Å²) in [5.74, 6) is -0.918. The van der Waals surface area contributed by atoms with E-state index in [-0.39, 0.29) is 5.69 Å². The smallest absolute Gasteiger partial charge is 0.337 e. The van der Waals surface area contributed by atoms with Crippen molar-refractivity contribution < 1.29 is 13.9 Å². The Labute approximate surface area is 110 Å². The maximum absolute atomic E-state index is 13.6. The standard InChI is InChI=1S/C13H14FN3O2/c1-17-10(5-6-16-17)8-15-12-7-9(13(18)19-2)3-4-11(12)14/h3-7,15H,8H2,1-2H3. The Bertz CT molecular complexity index is 595. The molecule has 2 aromatic rings. The number of halogens is 1. The van der Waals surface area contributed by atoms with Crippen molar-refractivity contribution >= 4 is 11.7 Å². The minimum absolute atomic E-state index is 0.254. The Morgan fingerprint density at radius 3 is 2.89 bits per heavy atom. The second-order valence-electron chi connectivity index (χ2n) is 3.99. The highest BCUT2D eigenvalue weighted by atomic mass is 19.1. The van der Waals surface area contributed by atoms with Gasteiger partial charge in [-0.05, 0) is 24.3 Å². The highest BCUT2D eigenvalue weighted by Gasteiger charge is 2.10. The fourth-order valence-electron chi connectivity index (χ4n) is 1.67. The van der Waals surface area contributed by atoms with Gasteiger partial charge < -0.3 is 10.1 Å². The van der Waals surface area contributed by atoms with E-state index >= 15 is 0 Å². The third-order valence-corrected chi connectivity index (χ3v) is 2.77. The number of aromatic nitrogens is 2. The first kappa shape index (κ1) is 13.1. The summed E-state index contributed by atoms with van der Waals surface area (Å²) in [6.07, 6.45) is 1.66. The highest BCUT2D eigenvalue weighted by molar-refractivity contribution is 5.90. The van der Waals surface area contributed by atoms with Crippen molar-refractivity contribution in [2.45, 2.75) is 6.54 Å². The number of esters is 1. The maximum atomic E-state index is 13.6. The average molecular weight is 263 g/mol. The monoisotopic (exact) mass is 263 g/mol. The van der Waals surface area contributed by atoms with Crippen molar-refractivity contribution in [1.82, 2.24) is 9.78 Å². The number of benzene rings is 1. The molecule has 0 fully saturated rings. The molecule has 1 aromatic heterocycles. The van der Waals surface area contributed by atoms with E-state index in [4.69, 9.17) is 0 Å². The fraction of sp³-hybridized carbons (Fsp3) is 0.231. The van der Waals surface area contributed by atoms with Gasteiger partial charge >= 0.3 is 5.97 Å². The Kier molecular flexibility index (Phi) is 3.79. The van der Waals surface area contributed by atoms with E-state index in [1.807, 2.05) is 6.07 Å². The average Bonchev–Trinajstić information content (AvgIpc) is 2.82. The topological polar surface area (TPSA) is 56.1 Å². The molecule has 0 amide bonds. The minimum atomic E-state index is -0.497. The van der Waals surface area contributed by atoms with E-state index < -0.39 is 11.8 Å². The lowest BCUT2D eigenvalue weighted by atomic mass is 10.2. The summed E-state index contributed by atoms with van der Waals surface area (Å²) in [7, 11) is 3.09. The number of aryl methyl sites for hydroxylation is 1. The second-order valence-corrected chi connectivity index (χ2v) is 3.99. The van der Waals surface area contributed by atoms with Gasteiger partial charge in [0.25, 0.3) is 0 Å². The molecule has 0 atom stereocenters. The number of rotatable bonds is 4. The summed E-state index contributed by atoms with van der Waals surface area (Å²) >= 11 is 0. The zero-order valence-electron chi connectivity index (χ0n) is 10.7. The van der Waals surface area contributed by atoms with Crippen LogP contribution in [0.15, 0.2) is 30.5 Å². The molecule has 6 heteroatoms. The lowest BCUT2D eigenvalue weighted by Gasteiger charge is -2.09. The summed E-state index contributed by atoms with van der Waals surface area (Å²) in [4.78, 5) is 11.4. The Morgan fingerprint density at radius 1 is 1.47 bits per heavy atom. The van der Waals surface area contributed by atoms with Gasteiger partial charge in [-0.25, -0.2) is 9.18 Å². The number of hydrogen-bond donors (Lipinski definition) is 1. The van der Waals surface area contributed by atoms with Crippen LogP contribution >= 0.6 is 0 Å². The van der Waals surface area contributed by atoms with Gasteiger partial charge in [0.05, 0.1) is 30.6 Å². The lowest BCUT2D eigenvalue weighted by molar-refractivity contribution is 0.0600. The molecule has 1 N–H and O–H groups in total. The van der Waals surface area contributed by atoms with Crippen molar-refractivity contribution in [3.8, 4) is 0 Å². The number of nitrogens with one attached hydrogen (secondary N) is 1. The van der Waals surface area contributed by atoms with E-state index in [1.165, 1.54) is 25.3 Å². The first-order chi connectivity index (χ1) is 9.11. The summed E-state index contributed by atoms with van der Waals surface area (Å²) in [5.41, 5.74) is 1.46. The molecule has 0 aliphatic rings. The molecular weight excluding hydrogens is 249 g/mol. The summed E-state index contributed by atoms with van der Waals surface area (Å²) in [5, 5.41) is 6.95. The number of methoxy groups -OCH3 is 1. The van der Waals surface area contributed by atoms with Gasteiger partial charge in [-0.2, -0.15) is 5.10 Å². The Morgan fingerprint density at radius 2 is 2.26 bits per heavy atom. The molecule has 1 heterocycles. The maximum Gasteiger partial charge on any atom is 0.337 e. The number of carbonyl (C=O) groups is 1. The van der Waals surface area contributed by atoms with Crippen LogP contribution in [0.3, 0.4) is 0 Å². The molecular formula is C13H14FN3O2. The van der Waals surface area contributed by atoms with Gasteiger partial charge in [-0.1, -0.05) is 0 Å². The molecule has 0 radical (unpaired) electrons. The van der Waals surface area contributed by atoms with Crippen molar-refractivity contribution in [2.24, 2.45) is 7.05 Å². The van der Waals surface area contributed by atoms with Crippen LogP contribution in [0, 0.1) is 5.82 Å². The molecule has 0 bridgehead atoms. The zero-order chi connectivity index (χ0) is 13.8. The number of anilines is 1. The van der Waals surface area contributed by atoms with Gasteiger partial charge in [-0.3, -0.25) is 4.68 Å². The summed E-state index contributed by atoms with van der Waals surface area (Å²) in [6, 6.07) is 5.88. The van der Waals surface area contributed by atoms with Crippen LogP contribution in [0.2, 0.25) is 0 Å². The van der Waals surface area contributed by atoms with Crippen LogP contribution in [-0.2, 0) is 18.3 Å². The quantitative estimate of drug-likeness (QED) is 0.857. The molecule has 100 valence electrons. The molecule has 0 saturated heterocycles. The van der Waals surface area contributed by atoms with Crippen molar-refractivity contribution in [3.05, 3.63) is 47.5 Å². The van der Waals surface area contributed by atoms with Gasteiger partial charge in [0.2, 0.25) is 0 Å². The largest absolute Gasteiger partial charge is 0.465 e. The van der Waals surface area contributed by atoms with Crippen molar-refractivity contribution in [3.63, 3.8) is 0 Å². The predicted octanol–water partition coefficient (Wildman–Crippen LogP) is 1.96. The second kappa shape index (κ2) is 5.51. The molecule has 0 aliphatic heterocycles. The molecule has 0 saturated carbocycles. The number of ether oxygens (including phenoxy) is 1. The van der Waals surface area contributed by atoms with E-state index in [2.05, 4.69) is 15.2 Å². The van der Waals surface area contributed by atoms with Gasteiger partial charge in [0.15, 0.2) is 0 Å². The van der Waals surface area contributed by atoms with E-state index in [9.17, 15) is 9.18 Å². The molecule has 5 nitrogen and oxygen atoms in total. The predicted molar refractivity (Wildman–Crippen MR) is 68.3 cm³/mol. The van der Waals surface area contributed by atoms with E-state index in [0.717, 1.165) is 5.69 Å². The minimum Gasteiger partial charge on any atom is -0.465 e. The fourth-order valence-corrected chi connectivity index (χ4v) is 1.67. The first-order valence-corrected chi connectivity index (χ1v) is 5.70. The van der Waals surface area contributed by atoms with Crippen LogP contribution in [0.25, 0.3) is 0 Å². The van der Waals surface area contributed by atoms with E-state index in [0.29, 0.717) is 12.1 Å². The SMILES string of the molecule is COC(=O)c1ccc(F)c(NCc2ccnn2C)c1. The summed E-state index contributed by atoms with van der Waals surface area (Å²) < 4.78 is 19.9. The molecule has 2 rings (SSSR count). The number of carbonyl (C=O) groups excluding carboxylic acids is 1. The lowest BCUT2D eigenvalue weighted by Crippen LogP contribution is -2.08. The Balaban J connectivity index is 2.15. The third kappa shape index (κ3) is 2.90. The number of hydrogen-bond acceptors (Lipinski definition) is 4. The molecule has 19 heavy (non-hydrogen) atoms. The van der Waals surface area contributed by atoms with Gasteiger partial charge in [0, 0.05) is 13.2 Å². The molecule has 1 aromatic carbocycles. The van der Waals surface area contributed by atoms with Crippen LogP contribution < -0.4 is 5.32 Å². The normalized spacial score (nSPS) is 10.3. The summed E-state index contributed by atoms with van der Waals surface area (Å²) in [6.45, 7) is 0.415. The van der Waals surface area contributed by atoms with E-state index in [1.54, 1.807) is 17.9 Å². The van der Waals surface area contributed by atoms with Crippen molar-refractivity contribution in [1.29, 1.82) is 0 Å². The highest BCUT2D eigenvalue weighted by Crippen LogP contribution is 2.17. The first-order valence-electron chi connectivity index (χ1n) is 5.70. The van der Waals surface area contributed by atoms with Crippen LogP contribution in [0.5, 0.6) is 0 Å². The molecule has 0 aliphatic carbocycles.